The number of aromatic nitrogens is 3. The van der Waals surface area contributed by atoms with Gasteiger partial charge in [-0.25, -0.2) is 9.97 Å². The van der Waals surface area contributed by atoms with Gasteiger partial charge in [0.1, 0.15) is 11.6 Å². The van der Waals surface area contributed by atoms with Crippen LogP contribution in [-0.4, -0.2) is 28.5 Å². The molecule has 186 valence electrons. The van der Waals surface area contributed by atoms with Crippen LogP contribution in [0.25, 0.3) is 11.1 Å². The van der Waals surface area contributed by atoms with Crippen molar-refractivity contribution in [3.63, 3.8) is 0 Å². The third-order valence-corrected chi connectivity index (χ3v) is 6.85. The van der Waals surface area contributed by atoms with E-state index in [0.717, 1.165) is 62.6 Å². The fourth-order valence-electron chi connectivity index (χ4n) is 4.73. The summed E-state index contributed by atoms with van der Waals surface area (Å²) < 4.78 is 6.87. The summed E-state index contributed by atoms with van der Waals surface area (Å²) in [6.45, 7) is 4.41. The third-order valence-electron chi connectivity index (χ3n) is 6.85. The van der Waals surface area contributed by atoms with Gasteiger partial charge in [-0.1, -0.05) is 6.07 Å². The molecule has 1 aromatic carbocycles. The Hall–Kier alpha value is -4.46. The maximum atomic E-state index is 13.2. The lowest BCUT2D eigenvalue weighted by Crippen LogP contribution is -2.23. The summed E-state index contributed by atoms with van der Waals surface area (Å²) >= 11 is 0. The molecule has 8 heteroatoms. The fraction of sp³-hybridized carbons (Fsp3) is 0.241. The minimum Gasteiger partial charge on any atom is -0.619 e. The van der Waals surface area contributed by atoms with E-state index in [0.29, 0.717) is 30.5 Å². The molecule has 1 N–H and O–H groups in total. The number of aryl methyl sites for hydroxylation is 2. The number of fused-ring (bicyclic) bond motifs is 2. The quantitative estimate of drug-likeness (QED) is 0.304. The molecule has 0 atom stereocenters. The second kappa shape index (κ2) is 9.20. The van der Waals surface area contributed by atoms with E-state index in [2.05, 4.69) is 15.2 Å². The Morgan fingerprint density at radius 3 is 2.73 bits per heavy atom. The number of ether oxygens (including phenoxy) is 1. The van der Waals surface area contributed by atoms with Crippen molar-refractivity contribution in [3.05, 3.63) is 94.7 Å². The predicted octanol–water partition coefficient (Wildman–Crippen LogP) is 4.88. The second-order valence-electron chi connectivity index (χ2n) is 9.63. The molecule has 8 nitrogen and oxygen atoms in total. The highest BCUT2D eigenvalue weighted by atomic mass is 16.5. The van der Waals surface area contributed by atoms with Crippen molar-refractivity contribution in [2.45, 2.75) is 39.2 Å². The Bertz CT molecular complexity index is 1520. The first kappa shape index (κ1) is 23.0. The van der Waals surface area contributed by atoms with Crippen LogP contribution in [0.15, 0.2) is 67.3 Å². The molecule has 0 radical (unpaired) electrons. The van der Waals surface area contributed by atoms with Gasteiger partial charge in [-0.3, -0.25) is 4.79 Å². The van der Waals surface area contributed by atoms with E-state index in [1.54, 1.807) is 18.5 Å². The highest BCUT2D eigenvalue weighted by molar-refractivity contribution is 6.12. The van der Waals surface area contributed by atoms with Gasteiger partial charge in [-0.2, -0.15) is 4.73 Å². The Balaban J connectivity index is 1.19. The molecule has 6 rings (SSSR count). The van der Waals surface area contributed by atoms with E-state index < -0.39 is 0 Å². The second-order valence-corrected chi connectivity index (χ2v) is 9.63. The van der Waals surface area contributed by atoms with Crippen molar-refractivity contribution >= 4 is 23.2 Å². The normalized spacial score (nSPS) is 14.4. The molecule has 1 fully saturated rings. The lowest BCUT2D eigenvalue weighted by atomic mass is 10.0. The summed E-state index contributed by atoms with van der Waals surface area (Å²) in [6, 6.07) is 13.7. The summed E-state index contributed by atoms with van der Waals surface area (Å²) in [5.74, 6) is 2.04. The number of pyridine rings is 3. The maximum Gasteiger partial charge on any atom is 0.259 e. The van der Waals surface area contributed by atoms with Crippen molar-refractivity contribution < 1.29 is 14.3 Å². The number of hydrogen-bond acceptors (Lipinski definition) is 6. The number of carbonyl (C=O) groups excluding carboxylic acids is 1. The molecule has 4 heterocycles. The molecule has 0 unspecified atom stereocenters. The van der Waals surface area contributed by atoms with Crippen LogP contribution in [0.4, 0.5) is 17.3 Å². The van der Waals surface area contributed by atoms with Crippen LogP contribution in [-0.2, 0) is 6.42 Å². The van der Waals surface area contributed by atoms with Crippen LogP contribution in [0.3, 0.4) is 0 Å². The van der Waals surface area contributed by atoms with Crippen LogP contribution >= 0.6 is 0 Å². The van der Waals surface area contributed by atoms with Crippen molar-refractivity contribution in [2.75, 3.05) is 16.8 Å². The van der Waals surface area contributed by atoms with Gasteiger partial charge in [0.2, 0.25) is 0 Å². The van der Waals surface area contributed by atoms with Crippen LogP contribution in [0.1, 0.15) is 39.9 Å². The zero-order valence-corrected chi connectivity index (χ0v) is 20.8. The first-order chi connectivity index (χ1) is 18.0. The lowest BCUT2D eigenvalue weighted by Gasteiger charge is -2.24. The SMILES string of the molecule is Cc1cc(-c2ccc[n+]([O-])c2)ccc1OCCc1cnc2c(c1)C(=O)Nc1c(C)ccnc1N2C1CC1. The average molecular weight is 494 g/mol. The summed E-state index contributed by atoms with van der Waals surface area (Å²) in [6.07, 6.45) is 9.35. The van der Waals surface area contributed by atoms with E-state index in [-0.39, 0.29) is 5.91 Å². The Morgan fingerprint density at radius 1 is 1.08 bits per heavy atom. The number of nitrogens with zero attached hydrogens (tertiary/aromatic N) is 4. The molecular formula is C29H27N5O3. The number of anilines is 3. The fourth-order valence-corrected chi connectivity index (χ4v) is 4.73. The molecule has 1 aliphatic heterocycles. The summed E-state index contributed by atoms with van der Waals surface area (Å²) in [7, 11) is 0. The molecule has 3 aromatic heterocycles. The number of carbonyl (C=O) groups is 1. The molecule has 2 aliphatic rings. The average Bonchev–Trinajstić information content (AvgIpc) is 3.73. The number of nitrogens with one attached hydrogen (secondary N) is 1. The lowest BCUT2D eigenvalue weighted by molar-refractivity contribution is -0.604. The Kier molecular flexibility index (Phi) is 5.71. The smallest absolute Gasteiger partial charge is 0.259 e. The summed E-state index contributed by atoms with van der Waals surface area (Å²) in [5, 5.41) is 14.7. The van der Waals surface area contributed by atoms with Gasteiger partial charge in [-0.15, -0.1) is 0 Å². The molecule has 0 saturated heterocycles. The standard InChI is InChI=1S/C29H27N5O3/c1-18-9-11-30-28-26(18)32-29(35)24-15-20(16-31-27(24)34(28)23-6-7-23)10-13-37-25-8-5-21(14-19(25)2)22-4-3-12-33(36)17-22/h3-5,8-9,11-12,14-17,23H,6-7,10,13H2,1-2H3,(H,32,35). The van der Waals surface area contributed by atoms with E-state index >= 15 is 0 Å². The van der Waals surface area contributed by atoms with Gasteiger partial charge < -0.3 is 20.2 Å². The van der Waals surface area contributed by atoms with E-state index in [1.165, 1.54) is 6.20 Å². The Labute approximate surface area is 215 Å². The van der Waals surface area contributed by atoms with E-state index in [4.69, 9.17) is 9.72 Å². The Morgan fingerprint density at radius 2 is 1.95 bits per heavy atom. The predicted molar refractivity (Wildman–Crippen MR) is 141 cm³/mol. The largest absolute Gasteiger partial charge is 0.619 e. The minimum atomic E-state index is -0.169. The minimum absolute atomic E-state index is 0.169. The van der Waals surface area contributed by atoms with Crippen LogP contribution in [0.5, 0.6) is 5.75 Å². The van der Waals surface area contributed by atoms with E-state index in [9.17, 15) is 10.0 Å². The first-order valence-electron chi connectivity index (χ1n) is 12.5. The van der Waals surface area contributed by atoms with Gasteiger partial charge in [0.05, 0.1) is 17.9 Å². The van der Waals surface area contributed by atoms with Crippen LogP contribution in [0, 0.1) is 19.1 Å². The molecule has 1 saturated carbocycles. The molecule has 37 heavy (non-hydrogen) atoms. The molecule has 1 aliphatic carbocycles. The maximum absolute atomic E-state index is 13.2. The number of hydrogen-bond donors (Lipinski definition) is 1. The molecule has 0 bridgehead atoms. The number of rotatable bonds is 6. The van der Waals surface area contributed by atoms with Crippen molar-refractivity contribution in [1.29, 1.82) is 0 Å². The van der Waals surface area contributed by atoms with Gasteiger partial charge >= 0.3 is 0 Å². The summed E-state index contributed by atoms with van der Waals surface area (Å²) in [4.78, 5) is 24.7. The number of amides is 1. The molecule has 0 spiro atoms. The van der Waals surface area contributed by atoms with Gasteiger partial charge in [0.15, 0.2) is 18.2 Å². The molecular weight excluding hydrogens is 466 g/mol. The van der Waals surface area contributed by atoms with Crippen molar-refractivity contribution in [3.8, 4) is 16.9 Å². The van der Waals surface area contributed by atoms with Crippen LogP contribution in [0.2, 0.25) is 0 Å². The van der Waals surface area contributed by atoms with Gasteiger partial charge in [-0.05, 0) is 79.3 Å². The monoisotopic (exact) mass is 493 g/mol. The topological polar surface area (TPSA) is 94.3 Å². The van der Waals surface area contributed by atoms with Crippen molar-refractivity contribution in [1.82, 2.24) is 9.97 Å². The van der Waals surface area contributed by atoms with Crippen LogP contribution < -0.4 is 19.7 Å². The third kappa shape index (κ3) is 4.46. The highest BCUT2D eigenvalue weighted by Gasteiger charge is 2.38. The van der Waals surface area contributed by atoms with Crippen molar-refractivity contribution in [2.24, 2.45) is 0 Å². The zero-order chi connectivity index (χ0) is 25.5. The highest BCUT2D eigenvalue weighted by Crippen LogP contribution is 2.43. The molecule has 4 aromatic rings. The molecule has 1 amide bonds. The zero-order valence-electron chi connectivity index (χ0n) is 20.8. The van der Waals surface area contributed by atoms with E-state index in [1.807, 2.05) is 56.4 Å². The van der Waals surface area contributed by atoms with Gasteiger partial charge in [0.25, 0.3) is 5.91 Å². The number of benzene rings is 1. The van der Waals surface area contributed by atoms with Gasteiger partial charge in [0, 0.05) is 36.5 Å². The summed E-state index contributed by atoms with van der Waals surface area (Å²) in [5.41, 5.74) is 6.02. The first-order valence-corrected chi connectivity index (χ1v) is 12.5.